The van der Waals surface area contributed by atoms with Gasteiger partial charge >= 0.3 is 5.97 Å². The van der Waals surface area contributed by atoms with E-state index in [0.29, 0.717) is 6.54 Å². The SMILES string of the molecule is COC(=O)C(CN1CC(C)OC(C)(C)C1)NC(C)C. The van der Waals surface area contributed by atoms with Gasteiger partial charge in [-0.2, -0.15) is 0 Å². The van der Waals surface area contributed by atoms with E-state index in [-0.39, 0.29) is 29.8 Å². The van der Waals surface area contributed by atoms with Crippen molar-refractivity contribution >= 4 is 5.97 Å². The molecule has 1 N–H and O–H groups in total. The second-order valence-electron chi connectivity index (χ2n) is 6.28. The maximum absolute atomic E-state index is 11.8. The Bertz CT molecular complexity index is 305. The average Bonchev–Trinajstić information content (AvgIpc) is 2.23. The van der Waals surface area contributed by atoms with Gasteiger partial charge < -0.3 is 14.8 Å². The molecule has 0 aliphatic carbocycles. The van der Waals surface area contributed by atoms with Crippen molar-refractivity contribution in [1.82, 2.24) is 10.2 Å². The van der Waals surface area contributed by atoms with Gasteiger partial charge in [0.25, 0.3) is 0 Å². The molecule has 1 rings (SSSR count). The number of ether oxygens (including phenoxy) is 2. The summed E-state index contributed by atoms with van der Waals surface area (Å²) in [6, 6.07) is -0.0401. The number of hydrogen-bond acceptors (Lipinski definition) is 5. The molecule has 2 unspecified atom stereocenters. The maximum Gasteiger partial charge on any atom is 0.324 e. The Hall–Kier alpha value is -0.650. The van der Waals surface area contributed by atoms with Gasteiger partial charge in [-0.15, -0.1) is 0 Å². The molecule has 1 saturated heterocycles. The van der Waals surface area contributed by atoms with E-state index in [2.05, 4.69) is 31.0 Å². The van der Waals surface area contributed by atoms with Crippen molar-refractivity contribution in [2.75, 3.05) is 26.7 Å². The highest BCUT2D eigenvalue weighted by Crippen LogP contribution is 2.20. The van der Waals surface area contributed by atoms with Crippen molar-refractivity contribution < 1.29 is 14.3 Å². The standard InChI is InChI=1S/C14H28N2O3/c1-10(2)15-12(13(17)18-6)8-16-7-11(3)19-14(4,5)9-16/h10-12,15H,7-9H2,1-6H3. The van der Waals surface area contributed by atoms with Crippen LogP contribution in [0.25, 0.3) is 0 Å². The Morgan fingerprint density at radius 3 is 2.63 bits per heavy atom. The number of carbonyl (C=O) groups is 1. The van der Waals surface area contributed by atoms with Gasteiger partial charge in [0, 0.05) is 25.7 Å². The molecule has 0 aromatic carbocycles. The number of nitrogens with zero attached hydrogens (tertiary/aromatic N) is 1. The number of hydrogen-bond donors (Lipinski definition) is 1. The number of carbonyl (C=O) groups excluding carboxylic acids is 1. The topological polar surface area (TPSA) is 50.8 Å². The normalized spacial score (nSPS) is 25.3. The Balaban J connectivity index is 2.64. The van der Waals surface area contributed by atoms with Gasteiger partial charge in [0.2, 0.25) is 0 Å². The fourth-order valence-corrected chi connectivity index (χ4v) is 2.72. The van der Waals surface area contributed by atoms with Crippen LogP contribution in [0, 0.1) is 0 Å². The molecule has 19 heavy (non-hydrogen) atoms. The molecular formula is C14H28N2O3. The molecule has 1 aliphatic heterocycles. The lowest BCUT2D eigenvalue weighted by Crippen LogP contribution is -2.57. The molecule has 1 heterocycles. The molecule has 1 aliphatic rings. The van der Waals surface area contributed by atoms with E-state index in [9.17, 15) is 4.79 Å². The summed E-state index contributed by atoms with van der Waals surface area (Å²) in [4.78, 5) is 14.1. The van der Waals surface area contributed by atoms with Gasteiger partial charge in [0.15, 0.2) is 0 Å². The largest absolute Gasteiger partial charge is 0.468 e. The van der Waals surface area contributed by atoms with Crippen LogP contribution in [0.2, 0.25) is 0 Å². The van der Waals surface area contributed by atoms with Crippen LogP contribution in [0.15, 0.2) is 0 Å². The van der Waals surface area contributed by atoms with Crippen LogP contribution in [0.5, 0.6) is 0 Å². The van der Waals surface area contributed by atoms with E-state index in [1.54, 1.807) is 0 Å². The van der Waals surface area contributed by atoms with Gasteiger partial charge in [-0.25, -0.2) is 0 Å². The van der Waals surface area contributed by atoms with Crippen LogP contribution in [-0.2, 0) is 14.3 Å². The maximum atomic E-state index is 11.8. The van der Waals surface area contributed by atoms with E-state index < -0.39 is 0 Å². The summed E-state index contributed by atoms with van der Waals surface area (Å²) in [6.07, 6.45) is 0.182. The molecule has 112 valence electrons. The van der Waals surface area contributed by atoms with E-state index in [1.807, 2.05) is 13.8 Å². The van der Waals surface area contributed by atoms with Crippen LogP contribution in [0.1, 0.15) is 34.6 Å². The van der Waals surface area contributed by atoms with E-state index >= 15 is 0 Å². The van der Waals surface area contributed by atoms with Gasteiger partial charge in [0.1, 0.15) is 6.04 Å². The predicted molar refractivity (Wildman–Crippen MR) is 75.1 cm³/mol. The number of morpholine rings is 1. The van der Waals surface area contributed by atoms with Gasteiger partial charge in [0.05, 0.1) is 18.8 Å². The average molecular weight is 272 g/mol. The molecule has 0 spiro atoms. The lowest BCUT2D eigenvalue weighted by atomic mass is 10.0. The lowest BCUT2D eigenvalue weighted by molar-refractivity contribution is -0.149. The Kier molecular flexibility index (Phi) is 5.77. The zero-order chi connectivity index (χ0) is 14.6. The predicted octanol–water partition coefficient (Wildman–Crippen LogP) is 1.03. The van der Waals surface area contributed by atoms with Crippen molar-refractivity contribution in [3.63, 3.8) is 0 Å². The molecule has 1 fully saturated rings. The van der Waals surface area contributed by atoms with Crippen LogP contribution in [0.3, 0.4) is 0 Å². The molecule has 2 atom stereocenters. The number of methoxy groups -OCH3 is 1. The van der Waals surface area contributed by atoms with Gasteiger partial charge in [-0.3, -0.25) is 9.69 Å². The van der Waals surface area contributed by atoms with Gasteiger partial charge in [-0.1, -0.05) is 13.8 Å². The highest BCUT2D eigenvalue weighted by atomic mass is 16.5. The van der Waals surface area contributed by atoms with Crippen molar-refractivity contribution in [3.8, 4) is 0 Å². The zero-order valence-electron chi connectivity index (χ0n) is 13.0. The number of esters is 1. The summed E-state index contributed by atoms with van der Waals surface area (Å²) in [7, 11) is 1.43. The zero-order valence-corrected chi connectivity index (χ0v) is 13.0. The number of rotatable bonds is 5. The first-order chi connectivity index (χ1) is 8.73. The molecule has 0 aromatic heterocycles. The Labute approximate surface area is 116 Å². The van der Waals surface area contributed by atoms with Crippen LogP contribution in [-0.4, -0.2) is 61.4 Å². The molecule has 0 amide bonds. The van der Waals surface area contributed by atoms with Crippen LogP contribution >= 0.6 is 0 Å². The first kappa shape index (κ1) is 16.4. The number of nitrogens with one attached hydrogen (secondary N) is 1. The van der Waals surface area contributed by atoms with Gasteiger partial charge in [-0.05, 0) is 20.8 Å². The minimum Gasteiger partial charge on any atom is -0.468 e. The molecule has 0 radical (unpaired) electrons. The molecule has 5 heteroatoms. The summed E-state index contributed by atoms with van der Waals surface area (Å²) in [5, 5.41) is 3.26. The fraction of sp³-hybridized carbons (Fsp3) is 0.929. The molecule has 0 bridgehead atoms. The Morgan fingerprint density at radius 1 is 1.53 bits per heavy atom. The summed E-state index contributed by atoms with van der Waals surface area (Å²) < 4.78 is 10.7. The highest BCUT2D eigenvalue weighted by Gasteiger charge is 2.33. The third kappa shape index (κ3) is 5.47. The molecule has 5 nitrogen and oxygen atoms in total. The summed E-state index contributed by atoms with van der Waals surface area (Å²) in [5.74, 6) is -0.203. The van der Waals surface area contributed by atoms with Crippen LogP contribution < -0.4 is 5.32 Å². The van der Waals surface area contributed by atoms with Crippen LogP contribution in [0.4, 0.5) is 0 Å². The third-order valence-electron chi connectivity index (χ3n) is 3.10. The smallest absolute Gasteiger partial charge is 0.324 e. The summed E-state index contributed by atoms with van der Waals surface area (Å²) in [6.45, 7) is 12.6. The second kappa shape index (κ2) is 6.68. The molecule has 0 aromatic rings. The molecule has 0 saturated carbocycles. The quantitative estimate of drug-likeness (QED) is 0.758. The van der Waals surface area contributed by atoms with E-state index in [1.165, 1.54) is 7.11 Å². The van der Waals surface area contributed by atoms with Crippen molar-refractivity contribution in [1.29, 1.82) is 0 Å². The first-order valence-corrected chi connectivity index (χ1v) is 6.97. The Morgan fingerprint density at radius 2 is 2.16 bits per heavy atom. The minimum atomic E-state index is -0.286. The minimum absolute atomic E-state index is 0.170. The van der Waals surface area contributed by atoms with E-state index in [4.69, 9.17) is 9.47 Å². The monoisotopic (exact) mass is 272 g/mol. The summed E-state index contributed by atoms with van der Waals surface area (Å²) in [5.41, 5.74) is -0.170. The highest BCUT2D eigenvalue weighted by molar-refractivity contribution is 5.76. The van der Waals surface area contributed by atoms with Crippen molar-refractivity contribution in [2.45, 2.75) is 58.4 Å². The third-order valence-corrected chi connectivity index (χ3v) is 3.10. The van der Waals surface area contributed by atoms with Crippen molar-refractivity contribution in [3.05, 3.63) is 0 Å². The lowest BCUT2D eigenvalue weighted by Gasteiger charge is -2.42. The first-order valence-electron chi connectivity index (χ1n) is 6.97. The summed E-state index contributed by atoms with van der Waals surface area (Å²) >= 11 is 0. The van der Waals surface area contributed by atoms with E-state index in [0.717, 1.165) is 13.1 Å². The second-order valence-corrected chi connectivity index (χ2v) is 6.28. The fourth-order valence-electron chi connectivity index (χ4n) is 2.72. The molecular weight excluding hydrogens is 244 g/mol. The van der Waals surface area contributed by atoms with Crippen molar-refractivity contribution in [2.24, 2.45) is 0 Å².